The van der Waals surface area contributed by atoms with Crippen LogP contribution in [-0.4, -0.2) is 52.0 Å². The van der Waals surface area contributed by atoms with E-state index in [9.17, 15) is 9.35 Å². The van der Waals surface area contributed by atoms with Gasteiger partial charge in [-0.25, -0.2) is 4.79 Å². The van der Waals surface area contributed by atoms with Crippen LogP contribution in [0.25, 0.3) is 0 Å². The van der Waals surface area contributed by atoms with Crippen molar-refractivity contribution >= 4 is 23.1 Å². The molecular weight excluding hydrogens is 424 g/mol. The molecule has 0 saturated carbocycles. The van der Waals surface area contributed by atoms with Crippen molar-refractivity contribution in [1.82, 2.24) is 4.31 Å². The highest BCUT2D eigenvalue weighted by Gasteiger charge is 2.37. The Hall–Kier alpha value is -1.96. The van der Waals surface area contributed by atoms with Crippen molar-refractivity contribution < 1.29 is 14.1 Å². The summed E-state index contributed by atoms with van der Waals surface area (Å²) in [6.45, 7) is 14.4. The first kappa shape index (κ1) is 26.3. The lowest BCUT2D eigenvalue weighted by atomic mass is 9.87. The quantitative estimate of drug-likeness (QED) is 0.496. The molecular formula is C24H38N4O3S. The lowest BCUT2D eigenvalue weighted by Crippen LogP contribution is -2.54. The van der Waals surface area contributed by atoms with Crippen LogP contribution < -0.4 is 16.4 Å². The van der Waals surface area contributed by atoms with Gasteiger partial charge in [-0.2, -0.15) is 0 Å². The molecule has 0 bridgehead atoms. The maximum atomic E-state index is 12.9. The number of amides is 1. The predicted molar refractivity (Wildman–Crippen MR) is 132 cm³/mol. The lowest BCUT2D eigenvalue weighted by Gasteiger charge is -2.38. The summed E-state index contributed by atoms with van der Waals surface area (Å²) in [6, 6.07) is 3.95. The van der Waals surface area contributed by atoms with Gasteiger partial charge in [-0.3, -0.25) is 4.90 Å². The van der Waals surface area contributed by atoms with Crippen LogP contribution in [0.4, 0.5) is 10.5 Å². The van der Waals surface area contributed by atoms with E-state index in [1.165, 1.54) is 4.90 Å². The van der Waals surface area contributed by atoms with Crippen molar-refractivity contribution in [3.8, 4) is 0 Å². The largest absolute Gasteiger partial charge is 0.598 e. The van der Waals surface area contributed by atoms with E-state index >= 15 is 0 Å². The summed E-state index contributed by atoms with van der Waals surface area (Å²) in [5.41, 5.74) is 18.4. The first-order valence-electron chi connectivity index (χ1n) is 10.9. The van der Waals surface area contributed by atoms with Gasteiger partial charge in [0, 0.05) is 43.6 Å². The minimum atomic E-state index is -1.10. The Balaban J connectivity index is 2.00. The number of anilines is 1. The van der Waals surface area contributed by atoms with Crippen LogP contribution in [0.5, 0.6) is 0 Å². The van der Waals surface area contributed by atoms with Crippen molar-refractivity contribution in [3.05, 3.63) is 46.8 Å². The van der Waals surface area contributed by atoms with Gasteiger partial charge in [-0.05, 0) is 76.3 Å². The SMILES string of the molecule is C=C=C(N)C1(N)CCN([S+]([O-])CCc2c(C)cc(N(C)C(=O)OC(C)(C)C)cc2C)CC1. The topological polar surface area (TPSA) is 108 Å². The van der Waals surface area contributed by atoms with Crippen LogP contribution in [0.1, 0.15) is 50.3 Å². The third-order valence-electron chi connectivity index (χ3n) is 5.89. The summed E-state index contributed by atoms with van der Waals surface area (Å²) >= 11 is -1.10. The summed E-state index contributed by atoms with van der Waals surface area (Å²) in [4.78, 5) is 13.9. The summed E-state index contributed by atoms with van der Waals surface area (Å²) in [6.07, 6.45) is 1.58. The fourth-order valence-electron chi connectivity index (χ4n) is 3.85. The molecule has 1 amide bonds. The highest BCUT2D eigenvalue weighted by atomic mass is 32.2. The van der Waals surface area contributed by atoms with E-state index in [2.05, 4.69) is 12.3 Å². The van der Waals surface area contributed by atoms with E-state index in [0.29, 0.717) is 43.8 Å². The number of ether oxygens (including phenoxy) is 1. The van der Waals surface area contributed by atoms with E-state index in [0.717, 1.165) is 22.4 Å². The van der Waals surface area contributed by atoms with E-state index in [1.807, 2.05) is 51.1 Å². The normalized spacial score (nSPS) is 17.4. The Labute approximate surface area is 195 Å². The molecule has 32 heavy (non-hydrogen) atoms. The van der Waals surface area contributed by atoms with Gasteiger partial charge < -0.3 is 20.8 Å². The molecule has 1 fully saturated rings. The average Bonchev–Trinajstić information content (AvgIpc) is 2.70. The average molecular weight is 463 g/mol. The van der Waals surface area contributed by atoms with Crippen molar-refractivity contribution in [2.75, 3.05) is 30.8 Å². The molecule has 1 aliphatic rings. The third-order valence-corrected chi connectivity index (χ3v) is 7.39. The summed E-state index contributed by atoms with van der Waals surface area (Å²) in [5, 5.41) is 0. The molecule has 178 valence electrons. The predicted octanol–water partition coefficient (Wildman–Crippen LogP) is 3.30. The molecule has 1 aliphatic heterocycles. The van der Waals surface area contributed by atoms with Crippen LogP contribution >= 0.6 is 0 Å². The van der Waals surface area contributed by atoms with Gasteiger partial charge in [0.1, 0.15) is 11.4 Å². The Morgan fingerprint density at radius 1 is 1.31 bits per heavy atom. The Morgan fingerprint density at radius 2 is 1.84 bits per heavy atom. The van der Waals surface area contributed by atoms with Gasteiger partial charge in [-0.1, -0.05) is 6.58 Å². The number of hydrogen-bond acceptors (Lipinski definition) is 6. The number of rotatable bonds is 6. The smallest absolute Gasteiger partial charge is 0.414 e. The number of nitrogens with zero attached hydrogens (tertiary/aromatic N) is 2. The molecule has 8 heteroatoms. The first-order valence-corrected chi connectivity index (χ1v) is 12.2. The van der Waals surface area contributed by atoms with Gasteiger partial charge in [0.05, 0.1) is 11.2 Å². The van der Waals surface area contributed by atoms with Crippen LogP contribution in [0, 0.1) is 13.8 Å². The minimum Gasteiger partial charge on any atom is -0.598 e. The van der Waals surface area contributed by atoms with Crippen molar-refractivity contribution in [2.45, 2.75) is 65.0 Å². The molecule has 0 aromatic heterocycles. The molecule has 2 rings (SSSR count). The molecule has 1 atom stereocenters. The second-order valence-electron chi connectivity index (χ2n) is 9.55. The first-order chi connectivity index (χ1) is 14.8. The van der Waals surface area contributed by atoms with Crippen LogP contribution in [-0.2, 0) is 22.5 Å². The van der Waals surface area contributed by atoms with Gasteiger partial charge in [0.25, 0.3) is 0 Å². The standard InChI is InChI=1S/C24H38N4O3S/c1-8-21(25)24(26)10-12-28(13-11-24)32(30)14-9-20-17(2)15-19(16-18(20)3)27(7)22(29)31-23(4,5)6/h15-16H,1,9-14,25-26H2,2-7H3. The number of carbonyl (C=O) groups is 1. The van der Waals surface area contributed by atoms with Gasteiger partial charge in [0.2, 0.25) is 0 Å². The number of nitrogens with two attached hydrogens (primary N) is 2. The maximum Gasteiger partial charge on any atom is 0.414 e. The monoisotopic (exact) mass is 462 g/mol. The molecule has 0 spiro atoms. The third kappa shape index (κ3) is 6.53. The van der Waals surface area contributed by atoms with E-state index in [-0.39, 0.29) is 0 Å². The van der Waals surface area contributed by atoms with Crippen molar-refractivity contribution in [2.24, 2.45) is 11.5 Å². The number of carbonyl (C=O) groups excluding carboxylic acids is 1. The van der Waals surface area contributed by atoms with Gasteiger partial charge in [0.15, 0.2) is 0 Å². The Bertz CT molecular complexity index is 859. The highest BCUT2D eigenvalue weighted by Crippen LogP contribution is 2.28. The number of benzene rings is 1. The molecule has 4 N–H and O–H groups in total. The van der Waals surface area contributed by atoms with Crippen LogP contribution in [0.2, 0.25) is 0 Å². The second-order valence-corrected chi connectivity index (χ2v) is 11.1. The van der Waals surface area contributed by atoms with Crippen molar-refractivity contribution in [1.29, 1.82) is 0 Å². The molecule has 1 unspecified atom stereocenters. The summed E-state index contributed by atoms with van der Waals surface area (Å²) in [7, 11) is 1.71. The summed E-state index contributed by atoms with van der Waals surface area (Å²) < 4.78 is 20.3. The van der Waals surface area contributed by atoms with Crippen molar-refractivity contribution in [3.63, 3.8) is 0 Å². The van der Waals surface area contributed by atoms with E-state index in [4.69, 9.17) is 16.2 Å². The fourth-order valence-corrected chi connectivity index (χ4v) is 5.07. The highest BCUT2D eigenvalue weighted by molar-refractivity contribution is 7.89. The zero-order chi connectivity index (χ0) is 24.3. The molecule has 7 nitrogen and oxygen atoms in total. The molecule has 1 saturated heterocycles. The number of aryl methyl sites for hydroxylation is 2. The Kier molecular flexibility index (Phi) is 8.48. The van der Waals surface area contributed by atoms with Crippen LogP contribution in [0.3, 0.4) is 0 Å². The molecule has 0 aliphatic carbocycles. The molecule has 1 heterocycles. The molecule has 0 radical (unpaired) electrons. The van der Waals surface area contributed by atoms with Crippen LogP contribution in [0.15, 0.2) is 30.1 Å². The van der Waals surface area contributed by atoms with E-state index < -0.39 is 28.6 Å². The second kappa shape index (κ2) is 10.3. The zero-order valence-electron chi connectivity index (χ0n) is 20.3. The number of hydrogen-bond donors (Lipinski definition) is 2. The maximum absolute atomic E-state index is 12.9. The van der Waals surface area contributed by atoms with Gasteiger partial charge in [-0.15, -0.1) is 10.0 Å². The fraction of sp³-hybridized carbons (Fsp3) is 0.583. The summed E-state index contributed by atoms with van der Waals surface area (Å²) in [5.74, 6) is 0.535. The Morgan fingerprint density at radius 3 is 2.31 bits per heavy atom. The molecule has 1 aromatic carbocycles. The van der Waals surface area contributed by atoms with Gasteiger partial charge >= 0.3 is 6.09 Å². The number of piperidine rings is 1. The minimum absolute atomic E-state index is 0.391. The van der Waals surface area contributed by atoms with E-state index in [1.54, 1.807) is 7.05 Å². The zero-order valence-corrected chi connectivity index (χ0v) is 21.1. The lowest BCUT2D eigenvalue weighted by molar-refractivity contribution is 0.0589. The molecule has 1 aromatic rings.